The first-order valence-electron chi connectivity index (χ1n) is 10.4. The van der Waals surface area contributed by atoms with Crippen LogP contribution in [0.2, 0.25) is 0 Å². The molecule has 0 saturated heterocycles. The molecule has 0 saturated carbocycles. The van der Waals surface area contributed by atoms with E-state index in [0.717, 1.165) is 50.4 Å². The van der Waals surface area contributed by atoms with Crippen molar-refractivity contribution in [2.45, 2.75) is 19.4 Å². The lowest BCUT2D eigenvalue weighted by atomic mass is 10.1. The van der Waals surface area contributed by atoms with E-state index in [-0.39, 0.29) is 12.8 Å². The molecule has 1 unspecified atom stereocenters. The lowest BCUT2D eigenvalue weighted by molar-refractivity contribution is 0.0619. The van der Waals surface area contributed by atoms with Gasteiger partial charge in [0.15, 0.2) is 0 Å². The molecule has 0 amide bonds. The van der Waals surface area contributed by atoms with Gasteiger partial charge in [-0.1, -0.05) is 0 Å². The number of hydrogen-bond acceptors (Lipinski definition) is 3. The Hall–Kier alpha value is -3.51. The van der Waals surface area contributed by atoms with Crippen LogP contribution in [-0.4, -0.2) is 33.2 Å². The molecule has 0 aromatic carbocycles. The van der Waals surface area contributed by atoms with Crippen LogP contribution in [0.5, 0.6) is 0 Å². The maximum absolute atomic E-state index is 12.5. The fourth-order valence-electron chi connectivity index (χ4n) is 3.78. The van der Waals surface area contributed by atoms with Crippen LogP contribution in [0, 0.1) is 0 Å². The number of H-pyrrole nitrogens is 2. The van der Waals surface area contributed by atoms with Gasteiger partial charge < -0.3 is 14.7 Å². The van der Waals surface area contributed by atoms with E-state index < -0.39 is 0 Å². The third-order valence-corrected chi connectivity index (χ3v) is 5.28. The monoisotopic (exact) mass is 414 g/mol. The second-order valence-electron chi connectivity index (χ2n) is 7.69. The first-order chi connectivity index (χ1) is 15.2. The molecule has 2 aliphatic rings. The van der Waals surface area contributed by atoms with E-state index in [1.165, 1.54) is 0 Å². The number of nitrogens with zero attached hydrogens (tertiary/aromatic N) is 2. The highest BCUT2D eigenvalue weighted by Crippen LogP contribution is 2.25. The van der Waals surface area contributed by atoms with Gasteiger partial charge in [-0.05, 0) is 80.1 Å². The molecule has 0 spiro atoms. The topological polar surface area (TPSA) is 66.6 Å². The normalized spacial score (nSPS) is 13.6. The lowest BCUT2D eigenvalue weighted by Crippen LogP contribution is -2.01. The zero-order chi connectivity index (χ0) is 21.2. The standard InChI is InChI=1S/C25H23FN4O/c1-16(31-10-2-9-26)24-14-23-13-21-6-5-19(28-21)11-17-3-4-18(27-17)12-20-7-8-22(29-20)15-25(24)30-23/h3-8,11-16,28,30H,2,9-10H2,1H3. The summed E-state index contributed by atoms with van der Waals surface area (Å²) in [5.41, 5.74) is 8.35. The smallest absolute Gasteiger partial charge is 0.0916 e. The summed E-state index contributed by atoms with van der Waals surface area (Å²) in [6.45, 7) is 2.00. The third-order valence-electron chi connectivity index (χ3n) is 5.28. The Bertz CT molecular complexity index is 1330. The van der Waals surface area contributed by atoms with Crippen LogP contribution in [0.25, 0.3) is 46.4 Å². The van der Waals surface area contributed by atoms with Crippen molar-refractivity contribution >= 4 is 46.4 Å². The molecule has 3 aromatic heterocycles. The van der Waals surface area contributed by atoms with E-state index in [4.69, 9.17) is 9.72 Å². The zero-order valence-corrected chi connectivity index (χ0v) is 17.2. The summed E-state index contributed by atoms with van der Waals surface area (Å²) in [5, 5.41) is 0. The van der Waals surface area contributed by atoms with Gasteiger partial charge in [0.2, 0.25) is 0 Å². The van der Waals surface area contributed by atoms with Gasteiger partial charge in [0.1, 0.15) is 0 Å². The molecular weight excluding hydrogens is 391 g/mol. The highest BCUT2D eigenvalue weighted by Gasteiger charge is 2.11. The van der Waals surface area contributed by atoms with Crippen molar-refractivity contribution in [2.24, 2.45) is 0 Å². The molecule has 0 aliphatic carbocycles. The molecule has 0 radical (unpaired) electrons. The number of ether oxygens (including phenoxy) is 1. The Kier molecular flexibility index (Phi) is 5.22. The van der Waals surface area contributed by atoms with Gasteiger partial charge in [-0.15, -0.1) is 0 Å². The summed E-state index contributed by atoms with van der Waals surface area (Å²) in [5.74, 6) is 0. The van der Waals surface area contributed by atoms with E-state index in [1.54, 1.807) is 0 Å². The van der Waals surface area contributed by atoms with E-state index in [9.17, 15) is 4.39 Å². The van der Waals surface area contributed by atoms with Crippen molar-refractivity contribution in [3.8, 4) is 0 Å². The Labute approximate surface area is 179 Å². The van der Waals surface area contributed by atoms with Gasteiger partial charge in [0, 0.05) is 34.2 Å². The van der Waals surface area contributed by atoms with Crippen molar-refractivity contribution < 1.29 is 9.13 Å². The molecule has 8 bridgehead atoms. The molecule has 6 heteroatoms. The Morgan fingerprint density at radius 3 is 2.16 bits per heavy atom. The number of aromatic nitrogens is 4. The van der Waals surface area contributed by atoms with E-state index in [1.807, 2.05) is 61.6 Å². The van der Waals surface area contributed by atoms with Gasteiger partial charge in [-0.3, -0.25) is 4.39 Å². The number of alkyl halides is 1. The first-order valence-corrected chi connectivity index (χ1v) is 10.4. The molecule has 1 atom stereocenters. The number of nitrogens with one attached hydrogen (secondary N) is 2. The molecular formula is C25H23FN4O. The van der Waals surface area contributed by atoms with Crippen LogP contribution < -0.4 is 0 Å². The highest BCUT2D eigenvalue weighted by atomic mass is 19.1. The minimum Gasteiger partial charge on any atom is -0.374 e. The number of aromatic amines is 2. The van der Waals surface area contributed by atoms with E-state index in [0.29, 0.717) is 13.0 Å². The zero-order valence-electron chi connectivity index (χ0n) is 17.2. The quantitative estimate of drug-likeness (QED) is 0.342. The predicted molar refractivity (Wildman–Crippen MR) is 124 cm³/mol. The van der Waals surface area contributed by atoms with Crippen molar-refractivity contribution in [1.29, 1.82) is 0 Å². The second-order valence-corrected chi connectivity index (χ2v) is 7.69. The van der Waals surface area contributed by atoms with Crippen LogP contribution in [0.1, 0.15) is 47.8 Å². The highest BCUT2D eigenvalue weighted by molar-refractivity contribution is 5.78. The van der Waals surface area contributed by atoms with E-state index in [2.05, 4.69) is 27.1 Å². The SMILES string of the molecule is CC(OCCCF)c1cc2cc3ccc(cc4nc(cc5nc(cc1[nH]2)C=C5)C=C4)[nH]3. The van der Waals surface area contributed by atoms with Gasteiger partial charge in [0.05, 0.1) is 35.6 Å². The van der Waals surface area contributed by atoms with Crippen LogP contribution >= 0.6 is 0 Å². The number of hydrogen-bond donors (Lipinski definition) is 2. The lowest BCUT2D eigenvalue weighted by Gasteiger charge is -2.11. The molecule has 3 aromatic rings. The number of fused-ring (bicyclic) bond motifs is 8. The van der Waals surface area contributed by atoms with Crippen molar-refractivity contribution in [3.63, 3.8) is 0 Å². The summed E-state index contributed by atoms with van der Waals surface area (Å²) >= 11 is 0. The average molecular weight is 414 g/mol. The van der Waals surface area contributed by atoms with Crippen LogP contribution in [-0.2, 0) is 4.74 Å². The first kappa shape index (κ1) is 19.5. The summed E-state index contributed by atoms with van der Waals surface area (Å²) in [7, 11) is 0. The molecule has 0 fully saturated rings. The average Bonchev–Trinajstić information content (AvgIpc) is 3.53. The van der Waals surface area contributed by atoms with Gasteiger partial charge >= 0.3 is 0 Å². The Morgan fingerprint density at radius 1 is 0.806 bits per heavy atom. The summed E-state index contributed by atoms with van der Waals surface area (Å²) in [4.78, 5) is 16.2. The van der Waals surface area contributed by atoms with Gasteiger partial charge in [0.25, 0.3) is 0 Å². The van der Waals surface area contributed by atoms with Gasteiger partial charge in [-0.2, -0.15) is 0 Å². The number of halogens is 1. The van der Waals surface area contributed by atoms with Crippen molar-refractivity contribution in [2.75, 3.05) is 13.3 Å². The van der Waals surface area contributed by atoms with Crippen LogP contribution in [0.3, 0.4) is 0 Å². The molecule has 5 rings (SSSR count). The van der Waals surface area contributed by atoms with Crippen LogP contribution in [0.15, 0.2) is 42.5 Å². The molecule has 5 nitrogen and oxygen atoms in total. The maximum atomic E-state index is 12.5. The minimum absolute atomic E-state index is 0.168. The fourth-order valence-corrected chi connectivity index (χ4v) is 3.78. The maximum Gasteiger partial charge on any atom is 0.0916 e. The second kappa shape index (κ2) is 8.32. The number of rotatable bonds is 5. The molecule has 2 aliphatic heterocycles. The Morgan fingerprint density at radius 2 is 1.45 bits per heavy atom. The van der Waals surface area contributed by atoms with E-state index >= 15 is 0 Å². The fraction of sp³-hybridized carbons (Fsp3) is 0.200. The molecule has 2 N–H and O–H groups in total. The molecule has 156 valence electrons. The Balaban J connectivity index is 1.71. The van der Waals surface area contributed by atoms with Crippen molar-refractivity contribution in [3.05, 3.63) is 70.8 Å². The largest absolute Gasteiger partial charge is 0.374 e. The van der Waals surface area contributed by atoms with Gasteiger partial charge in [-0.25, -0.2) is 9.97 Å². The predicted octanol–water partition coefficient (Wildman–Crippen LogP) is 6.09. The van der Waals surface area contributed by atoms with Crippen LogP contribution in [0.4, 0.5) is 4.39 Å². The molecule has 5 heterocycles. The third kappa shape index (κ3) is 4.34. The summed E-state index contributed by atoms with van der Waals surface area (Å²) < 4.78 is 18.3. The molecule has 31 heavy (non-hydrogen) atoms. The minimum atomic E-state index is -0.375. The summed E-state index contributed by atoms with van der Waals surface area (Å²) in [6.07, 6.45) is 8.18. The summed E-state index contributed by atoms with van der Waals surface area (Å²) in [6, 6.07) is 14.2. The van der Waals surface area contributed by atoms with Crippen molar-refractivity contribution in [1.82, 2.24) is 19.9 Å².